The molecule has 2 aromatic carbocycles. The molecule has 1 N–H and O–H groups in total. The van der Waals surface area contributed by atoms with Crippen molar-refractivity contribution in [3.8, 4) is 11.4 Å². The topological polar surface area (TPSA) is 70.6 Å². The maximum absolute atomic E-state index is 13.0. The van der Waals surface area contributed by atoms with Gasteiger partial charge in [0.25, 0.3) is 0 Å². The summed E-state index contributed by atoms with van der Waals surface area (Å²) in [5, 5.41) is 3.61. The van der Waals surface area contributed by atoms with E-state index in [9.17, 15) is 4.79 Å². The maximum atomic E-state index is 13.0. The van der Waals surface area contributed by atoms with Gasteiger partial charge in [-0.25, -0.2) is 14.8 Å². The van der Waals surface area contributed by atoms with E-state index >= 15 is 0 Å². The van der Waals surface area contributed by atoms with Gasteiger partial charge in [0, 0.05) is 47.9 Å². The molecule has 33 heavy (non-hydrogen) atoms. The SMILES string of the molecule is Cc1ccc(NC(=O)N2CCc3nc(-c4ccccc4)nc(N4CCOCC4)c3C2)cc1Cl. The summed E-state index contributed by atoms with van der Waals surface area (Å²) in [6.07, 6.45) is 0.678. The van der Waals surface area contributed by atoms with Gasteiger partial charge in [0.2, 0.25) is 0 Å². The van der Waals surface area contributed by atoms with Gasteiger partial charge in [0.1, 0.15) is 5.82 Å². The normalized spacial score (nSPS) is 15.8. The van der Waals surface area contributed by atoms with Crippen LogP contribution in [0, 0.1) is 6.92 Å². The molecule has 7 nitrogen and oxygen atoms in total. The van der Waals surface area contributed by atoms with Crippen molar-refractivity contribution in [1.82, 2.24) is 14.9 Å². The first-order valence-corrected chi connectivity index (χ1v) is 11.6. The van der Waals surface area contributed by atoms with Gasteiger partial charge < -0.3 is 19.9 Å². The standard InChI is InChI=1S/C25H26ClN5O2/c1-17-7-8-19(15-21(17)26)27-25(32)31-10-9-22-20(16-31)24(30-11-13-33-14-12-30)29-23(28-22)18-5-3-2-4-6-18/h2-8,15H,9-14,16H2,1H3,(H,27,32). The number of anilines is 2. The van der Waals surface area contributed by atoms with E-state index in [0.717, 1.165) is 47.1 Å². The number of hydrogen-bond acceptors (Lipinski definition) is 5. The summed E-state index contributed by atoms with van der Waals surface area (Å²) in [5.41, 5.74) is 4.67. The number of aryl methyl sites for hydroxylation is 1. The fourth-order valence-corrected chi connectivity index (χ4v) is 4.38. The first-order valence-electron chi connectivity index (χ1n) is 11.2. The molecule has 3 aromatic rings. The predicted molar refractivity (Wildman–Crippen MR) is 130 cm³/mol. The lowest BCUT2D eigenvalue weighted by Crippen LogP contribution is -2.42. The van der Waals surface area contributed by atoms with Crippen molar-refractivity contribution in [1.29, 1.82) is 0 Å². The number of urea groups is 1. The Labute approximate surface area is 198 Å². The third-order valence-electron chi connectivity index (χ3n) is 6.09. The second-order valence-corrected chi connectivity index (χ2v) is 8.73. The van der Waals surface area contributed by atoms with Crippen molar-refractivity contribution in [2.45, 2.75) is 19.9 Å². The van der Waals surface area contributed by atoms with Crippen molar-refractivity contribution in [2.24, 2.45) is 0 Å². The third kappa shape index (κ3) is 4.65. The summed E-state index contributed by atoms with van der Waals surface area (Å²) < 4.78 is 5.55. The zero-order valence-electron chi connectivity index (χ0n) is 18.6. The highest BCUT2D eigenvalue weighted by Gasteiger charge is 2.28. The quantitative estimate of drug-likeness (QED) is 0.617. The molecule has 0 spiro atoms. The van der Waals surface area contributed by atoms with Gasteiger partial charge in [-0.2, -0.15) is 0 Å². The van der Waals surface area contributed by atoms with E-state index < -0.39 is 0 Å². The average molecular weight is 464 g/mol. The number of amides is 2. The molecule has 2 aliphatic heterocycles. The van der Waals surface area contributed by atoms with E-state index in [1.807, 2.05) is 54.3 Å². The molecule has 0 bridgehead atoms. The van der Waals surface area contributed by atoms with Crippen LogP contribution in [0.2, 0.25) is 5.02 Å². The Bertz CT molecular complexity index is 1160. The number of carbonyl (C=O) groups excluding carboxylic acids is 1. The Morgan fingerprint density at radius 2 is 1.85 bits per heavy atom. The number of nitrogens with zero attached hydrogens (tertiary/aromatic N) is 4. The lowest BCUT2D eigenvalue weighted by atomic mass is 10.0. The van der Waals surface area contributed by atoms with Gasteiger partial charge in [-0.1, -0.05) is 48.0 Å². The van der Waals surface area contributed by atoms with E-state index in [0.29, 0.717) is 43.4 Å². The van der Waals surface area contributed by atoms with E-state index in [4.69, 9.17) is 26.3 Å². The van der Waals surface area contributed by atoms with Crippen LogP contribution in [0.5, 0.6) is 0 Å². The van der Waals surface area contributed by atoms with Crippen LogP contribution >= 0.6 is 11.6 Å². The zero-order valence-corrected chi connectivity index (χ0v) is 19.3. The van der Waals surface area contributed by atoms with E-state index in [-0.39, 0.29) is 6.03 Å². The summed E-state index contributed by atoms with van der Waals surface area (Å²) in [6.45, 7) is 5.86. The number of morpholine rings is 1. The van der Waals surface area contributed by atoms with Crippen LogP contribution in [0.15, 0.2) is 48.5 Å². The number of ether oxygens (including phenoxy) is 1. The minimum absolute atomic E-state index is 0.152. The molecule has 5 rings (SSSR count). The summed E-state index contributed by atoms with van der Waals surface area (Å²) in [7, 11) is 0. The van der Waals surface area contributed by atoms with Crippen molar-refractivity contribution in [3.05, 3.63) is 70.4 Å². The lowest BCUT2D eigenvalue weighted by molar-refractivity contribution is 0.122. The molecule has 8 heteroatoms. The van der Waals surface area contributed by atoms with Gasteiger partial charge in [-0.3, -0.25) is 0 Å². The van der Waals surface area contributed by atoms with Gasteiger partial charge in [0.05, 0.1) is 25.5 Å². The molecule has 0 atom stereocenters. The Morgan fingerprint density at radius 3 is 2.61 bits per heavy atom. The molecule has 1 fully saturated rings. The van der Waals surface area contributed by atoms with Gasteiger partial charge in [-0.15, -0.1) is 0 Å². The monoisotopic (exact) mass is 463 g/mol. The number of carbonyl (C=O) groups is 1. The van der Waals surface area contributed by atoms with Crippen LogP contribution in [-0.2, 0) is 17.7 Å². The highest BCUT2D eigenvalue weighted by atomic mass is 35.5. The van der Waals surface area contributed by atoms with Crippen LogP contribution in [-0.4, -0.2) is 53.7 Å². The fraction of sp³-hybridized carbons (Fsp3) is 0.320. The van der Waals surface area contributed by atoms with Gasteiger partial charge in [0.15, 0.2) is 5.82 Å². The van der Waals surface area contributed by atoms with Crippen LogP contribution in [0.25, 0.3) is 11.4 Å². The highest BCUT2D eigenvalue weighted by molar-refractivity contribution is 6.31. The summed E-state index contributed by atoms with van der Waals surface area (Å²) in [5.74, 6) is 1.63. The molecule has 0 saturated carbocycles. The van der Waals surface area contributed by atoms with Gasteiger partial charge >= 0.3 is 6.03 Å². The molecule has 0 aliphatic carbocycles. The smallest absolute Gasteiger partial charge is 0.322 e. The predicted octanol–water partition coefficient (Wildman–Crippen LogP) is 4.53. The number of fused-ring (bicyclic) bond motifs is 1. The summed E-state index contributed by atoms with van der Waals surface area (Å²) in [6, 6.07) is 15.4. The number of hydrogen-bond donors (Lipinski definition) is 1. The molecule has 3 heterocycles. The molecule has 2 amide bonds. The lowest BCUT2D eigenvalue weighted by Gasteiger charge is -2.34. The van der Waals surface area contributed by atoms with Crippen LogP contribution in [0.3, 0.4) is 0 Å². The number of nitrogens with one attached hydrogen (secondary N) is 1. The zero-order chi connectivity index (χ0) is 22.8. The average Bonchev–Trinajstić information content (AvgIpc) is 2.86. The molecule has 1 saturated heterocycles. The Morgan fingerprint density at radius 1 is 1.06 bits per heavy atom. The molecule has 1 aromatic heterocycles. The number of aromatic nitrogens is 2. The van der Waals surface area contributed by atoms with E-state index in [1.54, 1.807) is 6.07 Å². The largest absolute Gasteiger partial charge is 0.378 e. The first kappa shape index (κ1) is 21.7. The Balaban J connectivity index is 1.44. The number of halogens is 1. The van der Waals surface area contributed by atoms with Crippen molar-refractivity contribution >= 4 is 29.1 Å². The van der Waals surface area contributed by atoms with E-state index in [1.165, 1.54) is 0 Å². The minimum Gasteiger partial charge on any atom is -0.378 e. The second-order valence-electron chi connectivity index (χ2n) is 8.33. The van der Waals surface area contributed by atoms with Crippen molar-refractivity contribution in [3.63, 3.8) is 0 Å². The molecular weight excluding hydrogens is 438 g/mol. The Hall–Kier alpha value is -3.16. The molecule has 2 aliphatic rings. The van der Waals surface area contributed by atoms with E-state index in [2.05, 4.69) is 10.2 Å². The van der Waals surface area contributed by atoms with Crippen LogP contribution in [0.1, 0.15) is 16.8 Å². The third-order valence-corrected chi connectivity index (χ3v) is 6.50. The van der Waals surface area contributed by atoms with Crippen LogP contribution < -0.4 is 10.2 Å². The first-order chi connectivity index (χ1) is 16.1. The summed E-state index contributed by atoms with van der Waals surface area (Å²) >= 11 is 6.22. The minimum atomic E-state index is -0.152. The number of rotatable bonds is 3. The molecule has 0 radical (unpaired) electrons. The highest BCUT2D eigenvalue weighted by Crippen LogP contribution is 2.30. The van der Waals surface area contributed by atoms with Crippen molar-refractivity contribution < 1.29 is 9.53 Å². The molecule has 170 valence electrons. The number of benzene rings is 2. The van der Waals surface area contributed by atoms with Gasteiger partial charge in [-0.05, 0) is 24.6 Å². The maximum Gasteiger partial charge on any atom is 0.322 e. The summed E-state index contributed by atoms with van der Waals surface area (Å²) in [4.78, 5) is 27.0. The second kappa shape index (κ2) is 9.37. The molecular formula is C25H26ClN5O2. The fourth-order valence-electron chi connectivity index (χ4n) is 4.20. The van der Waals surface area contributed by atoms with Crippen LogP contribution in [0.4, 0.5) is 16.3 Å². The molecule has 0 unspecified atom stereocenters. The van der Waals surface area contributed by atoms with Crippen molar-refractivity contribution in [2.75, 3.05) is 43.1 Å². The Kier molecular flexibility index (Phi) is 6.15.